The van der Waals surface area contributed by atoms with E-state index in [9.17, 15) is 14.7 Å². The Labute approximate surface area is 119 Å². The summed E-state index contributed by atoms with van der Waals surface area (Å²) in [6.07, 6.45) is -0.382. The Kier molecular flexibility index (Phi) is 5.35. The fourth-order valence-electron chi connectivity index (χ4n) is 2.23. The van der Waals surface area contributed by atoms with Crippen LogP contribution in [0.4, 0.5) is 4.79 Å². The van der Waals surface area contributed by atoms with Gasteiger partial charge in [0.1, 0.15) is 18.2 Å². The van der Waals surface area contributed by atoms with E-state index in [1.807, 2.05) is 0 Å². The maximum absolute atomic E-state index is 12.2. The molecule has 0 aromatic carbocycles. The van der Waals surface area contributed by atoms with Crippen LogP contribution in [-0.4, -0.2) is 67.6 Å². The van der Waals surface area contributed by atoms with Gasteiger partial charge in [0.05, 0.1) is 13.1 Å². The summed E-state index contributed by atoms with van der Waals surface area (Å²) in [5.74, 6) is -1.04. The van der Waals surface area contributed by atoms with Gasteiger partial charge in [-0.05, 0) is 5.41 Å². The van der Waals surface area contributed by atoms with Gasteiger partial charge in [0.25, 0.3) is 0 Å². The van der Waals surface area contributed by atoms with Gasteiger partial charge in [-0.3, -0.25) is 0 Å². The van der Waals surface area contributed by atoms with E-state index in [2.05, 4.69) is 5.32 Å². The van der Waals surface area contributed by atoms with Crippen molar-refractivity contribution in [3.05, 3.63) is 0 Å². The highest BCUT2D eigenvalue weighted by molar-refractivity contribution is 5.83. The predicted molar refractivity (Wildman–Crippen MR) is 72.6 cm³/mol. The SMILES string of the molecule is COC1CN(C(=O)N[C@@H](C(=O)O)C(C)(C)C)CC1OC. The first-order valence-electron chi connectivity index (χ1n) is 6.54. The van der Waals surface area contributed by atoms with Crippen molar-refractivity contribution < 1.29 is 24.2 Å². The minimum atomic E-state index is -1.04. The fraction of sp³-hybridized carbons (Fsp3) is 0.846. The lowest BCUT2D eigenvalue weighted by Gasteiger charge is -2.29. The molecule has 1 fully saturated rings. The summed E-state index contributed by atoms with van der Waals surface area (Å²) in [5, 5.41) is 11.8. The molecule has 116 valence electrons. The smallest absolute Gasteiger partial charge is 0.326 e. The van der Waals surface area contributed by atoms with E-state index in [-0.39, 0.29) is 12.2 Å². The van der Waals surface area contributed by atoms with Crippen molar-refractivity contribution in [1.29, 1.82) is 0 Å². The third-order valence-electron chi connectivity index (χ3n) is 3.49. The molecule has 2 unspecified atom stereocenters. The van der Waals surface area contributed by atoms with Gasteiger partial charge in [0.15, 0.2) is 0 Å². The highest BCUT2D eigenvalue weighted by atomic mass is 16.5. The molecule has 7 nitrogen and oxygen atoms in total. The summed E-state index contributed by atoms with van der Waals surface area (Å²) in [5.41, 5.74) is -0.567. The first-order valence-corrected chi connectivity index (χ1v) is 6.54. The van der Waals surface area contributed by atoms with Crippen LogP contribution in [0, 0.1) is 5.41 Å². The summed E-state index contributed by atoms with van der Waals surface area (Å²) in [6.45, 7) is 6.08. The molecule has 0 bridgehead atoms. The van der Waals surface area contributed by atoms with E-state index in [0.717, 1.165) is 0 Å². The van der Waals surface area contributed by atoms with Gasteiger partial charge in [-0.2, -0.15) is 0 Å². The number of methoxy groups -OCH3 is 2. The fourth-order valence-corrected chi connectivity index (χ4v) is 2.23. The van der Waals surface area contributed by atoms with E-state index < -0.39 is 23.5 Å². The van der Waals surface area contributed by atoms with E-state index in [4.69, 9.17) is 9.47 Å². The number of aliphatic carboxylic acids is 1. The minimum absolute atomic E-state index is 0.191. The number of nitrogens with zero attached hydrogens (tertiary/aromatic N) is 1. The molecule has 1 saturated heterocycles. The average molecular weight is 288 g/mol. The van der Waals surface area contributed by atoms with Crippen molar-refractivity contribution in [2.75, 3.05) is 27.3 Å². The summed E-state index contributed by atoms with van der Waals surface area (Å²) < 4.78 is 10.5. The molecule has 1 aliphatic rings. The number of amides is 2. The number of carbonyl (C=O) groups excluding carboxylic acids is 1. The first-order chi connectivity index (χ1) is 9.20. The Hall–Kier alpha value is -1.34. The van der Waals surface area contributed by atoms with Gasteiger partial charge < -0.3 is 24.8 Å². The molecule has 1 heterocycles. The molecular weight excluding hydrogens is 264 g/mol. The lowest BCUT2D eigenvalue weighted by atomic mass is 9.87. The third-order valence-corrected chi connectivity index (χ3v) is 3.49. The Morgan fingerprint density at radius 1 is 1.20 bits per heavy atom. The van der Waals surface area contributed by atoms with E-state index >= 15 is 0 Å². The molecule has 1 aliphatic heterocycles. The van der Waals surface area contributed by atoms with Crippen molar-refractivity contribution >= 4 is 12.0 Å². The van der Waals surface area contributed by atoms with Crippen molar-refractivity contribution in [1.82, 2.24) is 10.2 Å². The Morgan fingerprint density at radius 3 is 1.95 bits per heavy atom. The van der Waals surface area contributed by atoms with Crippen LogP contribution in [0.2, 0.25) is 0 Å². The molecule has 0 saturated carbocycles. The molecule has 0 aromatic rings. The van der Waals surface area contributed by atoms with Crippen molar-refractivity contribution in [2.24, 2.45) is 5.41 Å². The summed E-state index contributed by atoms with van der Waals surface area (Å²) in [7, 11) is 3.13. The number of rotatable bonds is 4. The van der Waals surface area contributed by atoms with Gasteiger partial charge in [-0.25, -0.2) is 9.59 Å². The quantitative estimate of drug-likeness (QED) is 0.788. The molecule has 20 heavy (non-hydrogen) atoms. The Bertz CT molecular complexity index is 354. The number of hydrogen-bond acceptors (Lipinski definition) is 4. The van der Waals surface area contributed by atoms with Crippen molar-refractivity contribution in [2.45, 2.75) is 39.0 Å². The van der Waals surface area contributed by atoms with Crippen LogP contribution in [0.25, 0.3) is 0 Å². The number of nitrogens with one attached hydrogen (secondary N) is 1. The number of hydrogen-bond donors (Lipinski definition) is 2. The van der Waals surface area contributed by atoms with Gasteiger partial charge in [-0.1, -0.05) is 20.8 Å². The zero-order chi connectivity index (χ0) is 15.5. The molecule has 0 spiro atoms. The van der Waals surface area contributed by atoms with Gasteiger partial charge >= 0.3 is 12.0 Å². The number of ether oxygens (including phenoxy) is 2. The molecule has 2 N–H and O–H groups in total. The topological polar surface area (TPSA) is 88.1 Å². The average Bonchev–Trinajstić information content (AvgIpc) is 2.76. The lowest BCUT2D eigenvalue weighted by Crippen LogP contribution is -2.53. The highest BCUT2D eigenvalue weighted by Crippen LogP contribution is 2.21. The zero-order valence-corrected chi connectivity index (χ0v) is 12.7. The van der Waals surface area contributed by atoms with Crippen LogP contribution >= 0.6 is 0 Å². The molecule has 2 amide bonds. The lowest BCUT2D eigenvalue weighted by molar-refractivity contribution is -0.142. The maximum atomic E-state index is 12.2. The highest BCUT2D eigenvalue weighted by Gasteiger charge is 2.39. The Balaban J connectivity index is 2.69. The van der Waals surface area contributed by atoms with E-state index in [0.29, 0.717) is 13.1 Å². The molecule has 1 rings (SSSR count). The summed E-state index contributed by atoms with van der Waals surface area (Å²) >= 11 is 0. The molecule has 0 radical (unpaired) electrons. The number of urea groups is 1. The molecule has 3 atom stereocenters. The normalized spacial score (nSPS) is 24.6. The number of carboxylic acid groups (broad SMARTS) is 1. The monoisotopic (exact) mass is 288 g/mol. The van der Waals surface area contributed by atoms with Gasteiger partial charge in [0.2, 0.25) is 0 Å². The molecular formula is C13H24N2O5. The zero-order valence-electron chi connectivity index (χ0n) is 12.7. The largest absolute Gasteiger partial charge is 0.480 e. The van der Waals surface area contributed by atoms with Crippen molar-refractivity contribution in [3.63, 3.8) is 0 Å². The number of likely N-dealkylation sites (tertiary alicyclic amines) is 1. The first kappa shape index (κ1) is 16.7. The van der Waals surface area contributed by atoms with Crippen LogP contribution in [0.3, 0.4) is 0 Å². The molecule has 0 aliphatic carbocycles. The standard InChI is InChI=1S/C13H24N2O5/c1-13(2,3)10(11(16)17)14-12(18)15-6-8(19-4)9(7-15)20-5/h8-10H,6-7H2,1-5H3,(H,14,18)(H,16,17)/t8?,9?,10-/m0/s1. The van der Waals surface area contributed by atoms with E-state index in [1.165, 1.54) is 4.90 Å². The second-order valence-electron chi connectivity index (χ2n) is 6.04. The second kappa shape index (κ2) is 6.41. The predicted octanol–water partition coefficient (Wildman–Crippen LogP) is 0.541. The van der Waals surface area contributed by atoms with Crippen LogP contribution in [0.15, 0.2) is 0 Å². The van der Waals surface area contributed by atoms with Crippen LogP contribution < -0.4 is 5.32 Å². The number of carbonyl (C=O) groups is 2. The van der Waals surface area contributed by atoms with Crippen LogP contribution in [-0.2, 0) is 14.3 Å². The van der Waals surface area contributed by atoms with Crippen LogP contribution in [0.5, 0.6) is 0 Å². The van der Waals surface area contributed by atoms with Crippen molar-refractivity contribution in [3.8, 4) is 0 Å². The maximum Gasteiger partial charge on any atom is 0.326 e. The Morgan fingerprint density at radius 2 is 1.65 bits per heavy atom. The third kappa shape index (κ3) is 3.83. The van der Waals surface area contributed by atoms with Gasteiger partial charge in [-0.15, -0.1) is 0 Å². The summed E-state index contributed by atoms with van der Waals surface area (Å²) in [6, 6.07) is -1.36. The number of carboxylic acids is 1. The summed E-state index contributed by atoms with van der Waals surface area (Å²) in [4.78, 5) is 24.9. The van der Waals surface area contributed by atoms with Crippen LogP contribution in [0.1, 0.15) is 20.8 Å². The van der Waals surface area contributed by atoms with Gasteiger partial charge in [0, 0.05) is 14.2 Å². The second-order valence-corrected chi connectivity index (χ2v) is 6.04. The molecule has 0 aromatic heterocycles. The van der Waals surface area contributed by atoms with E-state index in [1.54, 1.807) is 35.0 Å². The minimum Gasteiger partial charge on any atom is -0.480 e. The molecule has 7 heteroatoms.